The average Bonchev–Trinajstić information content (AvgIpc) is 2.87. The summed E-state index contributed by atoms with van der Waals surface area (Å²) in [5.41, 5.74) is 0. The van der Waals surface area contributed by atoms with Crippen LogP contribution in [0.15, 0.2) is 0 Å². The van der Waals surface area contributed by atoms with Gasteiger partial charge in [0.1, 0.15) is 0 Å². The zero-order valence-electron chi connectivity index (χ0n) is 10.6. The number of likely N-dealkylation sites (tertiary alicyclic amines) is 1. The molecular weight excluding hydrogens is 214 g/mol. The highest BCUT2D eigenvalue weighted by Gasteiger charge is 2.39. The number of rotatable bonds is 1. The molecule has 1 aliphatic carbocycles. The molecule has 2 heterocycles. The van der Waals surface area contributed by atoms with Gasteiger partial charge in [0.25, 0.3) is 0 Å². The number of nitrogens with zero attached hydrogens (tertiary/aromatic N) is 1. The molecule has 0 spiro atoms. The monoisotopic (exact) mass is 237 g/mol. The molecule has 0 aromatic heterocycles. The zero-order chi connectivity index (χ0) is 11.7. The van der Waals surface area contributed by atoms with E-state index in [0.29, 0.717) is 11.9 Å². The van der Waals surface area contributed by atoms with Crippen LogP contribution < -0.4 is 0 Å². The Balaban J connectivity index is 1.67. The highest BCUT2D eigenvalue weighted by atomic mass is 16.5. The van der Waals surface area contributed by atoms with E-state index in [9.17, 15) is 4.79 Å². The van der Waals surface area contributed by atoms with Crippen LogP contribution in [0.25, 0.3) is 0 Å². The van der Waals surface area contributed by atoms with E-state index in [0.717, 1.165) is 38.5 Å². The van der Waals surface area contributed by atoms with Crippen molar-refractivity contribution in [2.24, 2.45) is 11.8 Å². The Morgan fingerprint density at radius 1 is 1.00 bits per heavy atom. The SMILES string of the molecule is O=C(C1CCOCC1)N1CCCC2CCCC21. The minimum absolute atomic E-state index is 0.253. The van der Waals surface area contributed by atoms with E-state index in [2.05, 4.69) is 4.90 Å². The van der Waals surface area contributed by atoms with Crippen LogP contribution in [0.3, 0.4) is 0 Å². The molecule has 3 fully saturated rings. The average molecular weight is 237 g/mol. The van der Waals surface area contributed by atoms with Crippen molar-refractivity contribution < 1.29 is 9.53 Å². The smallest absolute Gasteiger partial charge is 0.226 e. The molecule has 2 atom stereocenters. The van der Waals surface area contributed by atoms with Gasteiger partial charge in [0, 0.05) is 31.7 Å². The number of amides is 1. The molecule has 0 N–H and O–H groups in total. The summed E-state index contributed by atoms with van der Waals surface area (Å²) in [5, 5.41) is 0. The highest BCUT2D eigenvalue weighted by Crippen LogP contribution is 2.37. The van der Waals surface area contributed by atoms with Gasteiger partial charge in [-0.1, -0.05) is 6.42 Å². The van der Waals surface area contributed by atoms with Gasteiger partial charge in [-0.3, -0.25) is 4.79 Å². The molecule has 2 unspecified atom stereocenters. The lowest BCUT2D eigenvalue weighted by Crippen LogP contribution is -2.49. The van der Waals surface area contributed by atoms with Crippen molar-refractivity contribution in [3.8, 4) is 0 Å². The third-order valence-electron chi connectivity index (χ3n) is 4.85. The maximum absolute atomic E-state index is 12.6. The molecular formula is C14H23NO2. The Morgan fingerprint density at radius 3 is 2.59 bits per heavy atom. The summed E-state index contributed by atoms with van der Waals surface area (Å²) >= 11 is 0. The van der Waals surface area contributed by atoms with Crippen molar-refractivity contribution in [3.05, 3.63) is 0 Å². The lowest BCUT2D eigenvalue weighted by atomic mass is 9.89. The minimum atomic E-state index is 0.253. The quantitative estimate of drug-likeness (QED) is 0.699. The normalized spacial score (nSPS) is 34.7. The van der Waals surface area contributed by atoms with E-state index in [1.54, 1.807) is 0 Å². The van der Waals surface area contributed by atoms with Crippen molar-refractivity contribution >= 4 is 5.91 Å². The van der Waals surface area contributed by atoms with E-state index in [1.807, 2.05) is 0 Å². The second-order valence-corrected chi connectivity index (χ2v) is 5.82. The van der Waals surface area contributed by atoms with Gasteiger partial charge in [0.2, 0.25) is 5.91 Å². The van der Waals surface area contributed by atoms with Crippen LogP contribution >= 0.6 is 0 Å². The predicted molar refractivity (Wildman–Crippen MR) is 65.6 cm³/mol. The Hall–Kier alpha value is -0.570. The van der Waals surface area contributed by atoms with Gasteiger partial charge < -0.3 is 9.64 Å². The van der Waals surface area contributed by atoms with Crippen LogP contribution in [0.5, 0.6) is 0 Å². The van der Waals surface area contributed by atoms with Gasteiger partial charge in [-0.2, -0.15) is 0 Å². The van der Waals surface area contributed by atoms with E-state index in [4.69, 9.17) is 4.74 Å². The van der Waals surface area contributed by atoms with E-state index in [1.165, 1.54) is 32.1 Å². The largest absolute Gasteiger partial charge is 0.381 e. The fourth-order valence-corrected chi connectivity index (χ4v) is 3.91. The molecule has 0 aromatic rings. The van der Waals surface area contributed by atoms with Gasteiger partial charge in [-0.15, -0.1) is 0 Å². The van der Waals surface area contributed by atoms with Crippen molar-refractivity contribution in [2.45, 2.75) is 51.0 Å². The number of carbonyl (C=O) groups is 1. The van der Waals surface area contributed by atoms with Gasteiger partial charge >= 0.3 is 0 Å². The molecule has 0 radical (unpaired) electrons. The van der Waals surface area contributed by atoms with Crippen LogP contribution in [-0.2, 0) is 9.53 Å². The summed E-state index contributed by atoms with van der Waals surface area (Å²) in [6.45, 7) is 2.56. The molecule has 0 bridgehead atoms. The summed E-state index contributed by atoms with van der Waals surface area (Å²) in [7, 11) is 0. The second kappa shape index (κ2) is 4.97. The third kappa shape index (κ3) is 2.22. The highest BCUT2D eigenvalue weighted by molar-refractivity contribution is 5.79. The Labute approximate surface area is 104 Å². The maximum Gasteiger partial charge on any atom is 0.226 e. The van der Waals surface area contributed by atoms with Crippen molar-refractivity contribution in [1.82, 2.24) is 4.90 Å². The van der Waals surface area contributed by atoms with Gasteiger partial charge in [-0.25, -0.2) is 0 Å². The molecule has 96 valence electrons. The summed E-state index contributed by atoms with van der Waals surface area (Å²) < 4.78 is 5.35. The first-order valence-electron chi connectivity index (χ1n) is 7.24. The molecule has 3 heteroatoms. The van der Waals surface area contributed by atoms with Crippen molar-refractivity contribution in [1.29, 1.82) is 0 Å². The maximum atomic E-state index is 12.6. The first-order chi connectivity index (χ1) is 8.36. The minimum Gasteiger partial charge on any atom is -0.381 e. The first-order valence-corrected chi connectivity index (χ1v) is 7.24. The van der Waals surface area contributed by atoms with Crippen LogP contribution in [-0.4, -0.2) is 36.6 Å². The number of piperidine rings is 1. The van der Waals surface area contributed by atoms with Crippen molar-refractivity contribution in [2.75, 3.05) is 19.8 Å². The molecule has 2 aliphatic heterocycles. The topological polar surface area (TPSA) is 29.5 Å². The number of hydrogen-bond acceptors (Lipinski definition) is 2. The molecule has 2 saturated heterocycles. The summed E-state index contributed by atoms with van der Waals surface area (Å²) in [5.74, 6) is 1.50. The standard InChI is InChI=1S/C14H23NO2/c16-14(12-6-9-17-10-7-12)15-8-2-4-11-3-1-5-13(11)15/h11-13H,1-10H2. The Morgan fingerprint density at radius 2 is 1.76 bits per heavy atom. The van der Waals surface area contributed by atoms with E-state index in [-0.39, 0.29) is 5.92 Å². The summed E-state index contributed by atoms with van der Waals surface area (Å²) in [4.78, 5) is 14.8. The second-order valence-electron chi connectivity index (χ2n) is 5.82. The summed E-state index contributed by atoms with van der Waals surface area (Å²) in [6.07, 6.45) is 8.37. The summed E-state index contributed by atoms with van der Waals surface area (Å²) in [6, 6.07) is 0.582. The first kappa shape index (κ1) is 11.5. The lowest BCUT2D eigenvalue weighted by molar-refractivity contribution is -0.143. The number of fused-ring (bicyclic) bond motifs is 1. The fourth-order valence-electron chi connectivity index (χ4n) is 3.91. The van der Waals surface area contributed by atoms with Gasteiger partial charge in [-0.05, 0) is 44.4 Å². The van der Waals surface area contributed by atoms with E-state index >= 15 is 0 Å². The molecule has 3 nitrogen and oxygen atoms in total. The van der Waals surface area contributed by atoms with Crippen LogP contribution in [0.4, 0.5) is 0 Å². The van der Waals surface area contributed by atoms with Crippen LogP contribution in [0.2, 0.25) is 0 Å². The zero-order valence-corrected chi connectivity index (χ0v) is 10.6. The van der Waals surface area contributed by atoms with Crippen LogP contribution in [0.1, 0.15) is 44.9 Å². The lowest BCUT2D eigenvalue weighted by Gasteiger charge is -2.40. The molecule has 1 saturated carbocycles. The number of ether oxygens (including phenoxy) is 1. The van der Waals surface area contributed by atoms with Gasteiger partial charge in [0.05, 0.1) is 0 Å². The van der Waals surface area contributed by atoms with E-state index < -0.39 is 0 Å². The number of hydrogen-bond donors (Lipinski definition) is 0. The predicted octanol–water partition coefficient (Wildman–Crippen LogP) is 2.20. The third-order valence-corrected chi connectivity index (χ3v) is 4.85. The Kier molecular flexibility index (Phi) is 3.37. The molecule has 3 aliphatic rings. The van der Waals surface area contributed by atoms with Crippen LogP contribution in [0, 0.1) is 11.8 Å². The molecule has 1 amide bonds. The number of carbonyl (C=O) groups excluding carboxylic acids is 1. The molecule has 17 heavy (non-hydrogen) atoms. The fraction of sp³-hybridized carbons (Fsp3) is 0.929. The molecule has 3 rings (SSSR count). The Bertz CT molecular complexity index is 286. The molecule has 0 aromatic carbocycles. The van der Waals surface area contributed by atoms with Gasteiger partial charge in [0.15, 0.2) is 0 Å². The van der Waals surface area contributed by atoms with Crippen molar-refractivity contribution in [3.63, 3.8) is 0 Å².